The highest BCUT2D eigenvalue weighted by molar-refractivity contribution is 5.87. The van der Waals surface area contributed by atoms with Crippen LogP contribution in [0.1, 0.15) is 56.4 Å². The van der Waals surface area contributed by atoms with Gasteiger partial charge in [-0.05, 0) is 56.5 Å². The Hall–Kier alpha value is -1.42. The number of nitrogens with zero attached hydrogens (tertiary/aromatic N) is 3. The molecule has 23 heavy (non-hydrogen) atoms. The number of amides is 1. The molecule has 0 radical (unpaired) electrons. The molecule has 0 spiro atoms. The minimum atomic E-state index is -0.169. The van der Waals surface area contributed by atoms with Crippen molar-refractivity contribution in [2.75, 3.05) is 26.2 Å². The SMILES string of the molecule is O=C(N1CC(c2ccncc2)C1)C1(N2CCCC2)CCCCC1. The molecule has 0 bridgehead atoms. The van der Waals surface area contributed by atoms with Gasteiger partial charge in [-0.15, -0.1) is 0 Å². The first-order valence-electron chi connectivity index (χ1n) is 9.24. The molecule has 1 aromatic heterocycles. The van der Waals surface area contributed by atoms with Crippen LogP contribution in [0.4, 0.5) is 0 Å². The number of hydrogen-bond donors (Lipinski definition) is 0. The summed E-state index contributed by atoms with van der Waals surface area (Å²) in [6, 6.07) is 4.17. The van der Waals surface area contributed by atoms with E-state index in [1.165, 1.54) is 37.7 Å². The summed E-state index contributed by atoms with van der Waals surface area (Å²) in [6.07, 6.45) is 12.1. The van der Waals surface area contributed by atoms with E-state index < -0.39 is 0 Å². The third-order valence-electron chi connectivity index (χ3n) is 6.14. The van der Waals surface area contributed by atoms with Gasteiger partial charge in [0.25, 0.3) is 0 Å². The first-order valence-corrected chi connectivity index (χ1v) is 9.24. The predicted octanol–water partition coefficient (Wildman–Crippen LogP) is 2.81. The van der Waals surface area contributed by atoms with Gasteiger partial charge in [0.2, 0.25) is 5.91 Å². The summed E-state index contributed by atoms with van der Waals surface area (Å²) in [5.41, 5.74) is 1.15. The van der Waals surface area contributed by atoms with E-state index in [2.05, 4.69) is 26.9 Å². The van der Waals surface area contributed by atoms with Crippen molar-refractivity contribution >= 4 is 5.91 Å². The van der Waals surface area contributed by atoms with E-state index in [4.69, 9.17) is 0 Å². The monoisotopic (exact) mass is 313 g/mol. The van der Waals surface area contributed by atoms with E-state index in [0.717, 1.165) is 39.0 Å². The summed E-state index contributed by atoms with van der Waals surface area (Å²) in [6.45, 7) is 4.01. The molecule has 1 aliphatic carbocycles. The molecule has 2 aliphatic heterocycles. The van der Waals surface area contributed by atoms with Crippen LogP contribution in [0, 0.1) is 0 Å². The Morgan fingerprint density at radius 3 is 2.30 bits per heavy atom. The van der Waals surface area contributed by atoms with E-state index in [1.54, 1.807) is 0 Å². The quantitative estimate of drug-likeness (QED) is 0.861. The second-order valence-corrected chi connectivity index (χ2v) is 7.47. The largest absolute Gasteiger partial charge is 0.340 e. The third-order valence-corrected chi connectivity index (χ3v) is 6.14. The lowest BCUT2D eigenvalue weighted by Crippen LogP contribution is -2.63. The van der Waals surface area contributed by atoms with E-state index >= 15 is 0 Å². The molecule has 124 valence electrons. The molecule has 3 aliphatic rings. The summed E-state index contributed by atoms with van der Waals surface area (Å²) in [4.78, 5) is 22.1. The zero-order chi connectivity index (χ0) is 15.7. The third kappa shape index (κ3) is 2.67. The van der Waals surface area contributed by atoms with Crippen molar-refractivity contribution in [1.29, 1.82) is 0 Å². The number of carbonyl (C=O) groups excluding carboxylic acids is 1. The maximum atomic E-state index is 13.3. The number of carbonyl (C=O) groups is 1. The molecular weight excluding hydrogens is 286 g/mol. The van der Waals surface area contributed by atoms with E-state index in [9.17, 15) is 4.79 Å². The normalized spacial score (nSPS) is 25.3. The molecule has 4 nitrogen and oxygen atoms in total. The number of aromatic nitrogens is 1. The zero-order valence-electron chi connectivity index (χ0n) is 13.9. The van der Waals surface area contributed by atoms with Crippen molar-refractivity contribution < 1.29 is 4.79 Å². The van der Waals surface area contributed by atoms with Crippen molar-refractivity contribution in [3.8, 4) is 0 Å². The molecule has 0 N–H and O–H groups in total. The fourth-order valence-electron chi connectivity index (χ4n) is 4.73. The van der Waals surface area contributed by atoms with Crippen LogP contribution in [-0.4, -0.2) is 52.4 Å². The number of rotatable bonds is 3. The van der Waals surface area contributed by atoms with Gasteiger partial charge in [0, 0.05) is 31.4 Å². The highest BCUT2D eigenvalue weighted by Crippen LogP contribution is 2.40. The lowest BCUT2D eigenvalue weighted by Gasteiger charge is -2.50. The Bertz CT molecular complexity index is 541. The molecule has 0 unspecified atom stereocenters. The summed E-state index contributed by atoms with van der Waals surface area (Å²) in [7, 11) is 0. The predicted molar refractivity (Wildman–Crippen MR) is 90.2 cm³/mol. The van der Waals surface area contributed by atoms with E-state index in [0.29, 0.717) is 11.8 Å². The summed E-state index contributed by atoms with van der Waals surface area (Å²) in [5, 5.41) is 0. The van der Waals surface area contributed by atoms with Crippen LogP contribution in [0.5, 0.6) is 0 Å². The standard InChI is InChI=1S/C19H27N3O/c23-18(21-14-17(15-21)16-6-10-20-11-7-16)19(8-2-1-3-9-19)22-12-4-5-13-22/h6-7,10-11,17H,1-5,8-9,12-15H2. The Balaban J connectivity index is 1.46. The molecule has 2 saturated heterocycles. The molecule has 3 heterocycles. The molecule has 1 amide bonds. The highest BCUT2D eigenvalue weighted by Gasteiger charge is 2.49. The second kappa shape index (κ2) is 6.23. The molecule has 0 atom stereocenters. The van der Waals surface area contributed by atoms with Crippen LogP contribution < -0.4 is 0 Å². The fraction of sp³-hybridized carbons (Fsp3) is 0.684. The van der Waals surface area contributed by atoms with Crippen LogP contribution in [0.15, 0.2) is 24.5 Å². The lowest BCUT2D eigenvalue weighted by molar-refractivity contribution is -0.151. The fourth-order valence-corrected chi connectivity index (χ4v) is 4.73. The van der Waals surface area contributed by atoms with Gasteiger partial charge in [-0.2, -0.15) is 0 Å². The van der Waals surface area contributed by atoms with Gasteiger partial charge in [-0.1, -0.05) is 19.3 Å². The van der Waals surface area contributed by atoms with E-state index in [-0.39, 0.29) is 5.54 Å². The molecular formula is C19H27N3O. The minimum Gasteiger partial charge on any atom is -0.340 e. The first kappa shape index (κ1) is 15.1. The van der Waals surface area contributed by atoms with Crippen LogP contribution in [0.2, 0.25) is 0 Å². The molecule has 4 heteroatoms. The van der Waals surface area contributed by atoms with Gasteiger partial charge < -0.3 is 4.90 Å². The van der Waals surface area contributed by atoms with Crippen molar-refractivity contribution in [1.82, 2.24) is 14.8 Å². The minimum absolute atomic E-state index is 0.169. The average molecular weight is 313 g/mol. The summed E-state index contributed by atoms with van der Waals surface area (Å²) in [5.74, 6) is 0.922. The van der Waals surface area contributed by atoms with Gasteiger partial charge in [0.05, 0.1) is 0 Å². The summed E-state index contributed by atoms with van der Waals surface area (Å²) < 4.78 is 0. The Morgan fingerprint density at radius 1 is 1.00 bits per heavy atom. The van der Waals surface area contributed by atoms with E-state index in [1.807, 2.05) is 12.4 Å². The topological polar surface area (TPSA) is 36.4 Å². The Kier molecular flexibility index (Phi) is 4.10. The van der Waals surface area contributed by atoms with Gasteiger partial charge in [0.1, 0.15) is 5.54 Å². The lowest BCUT2D eigenvalue weighted by atomic mass is 9.77. The average Bonchev–Trinajstić information content (AvgIpc) is 3.10. The molecule has 3 fully saturated rings. The van der Waals surface area contributed by atoms with Crippen LogP contribution >= 0.6 is 0 Å². The maximum Gasteiger partial charge on any atom is 0.243 e. The van der Waals surface area contributed by atoms with Gasteiger partial charge >= 0.3 is 0 Å². The van der Waals surface area contributed by atoms with Gasteiger partial charge in [-0.25, -0.2) is 0 Å². The number of likely N-dealkylation sites (tertiary alicyclic amines) is 2. The summed E-state index contributed by atoms with van der Waals surface area (Å²) >= 11 is 0. The van der Waals surface area contributed by atoms with Crippen LogP contribution in [0.25, 0.3) is 0 Å². The Morgan fingerprint density at radius 2 is 1.65 bits per heavy atom. The maximum absolute atomic E-state index is 13.3. The molecule has 0 aromatic carbocycles. The van der Waals surface area contributed by atoms with Crippen LogP contribution in [-0.2, 0) is 4.79 Å². The molecule has 1 saturated carbocycles. The molecule has 4 rings (SSSR count). The number of pyridine rings is 1. The smallest absolute Gasteiger partial charge is 0.243 e. The molecule has 1 aromatic rings. The highest BCUT2D eigenvalue weighted by atomic mass is 16.2. The Labute approximate surface area is 138 Å². The van der Waals surface area contributed by atoms with Crippen molar-refractivity contribution in [2.24, 2.45) is 0 Å². The van der Waals surface area contributed by atoms with Gasteiger partial charge in [-0.3, -0.25) is 14.7 Å². The number of hydrogen-bond acceptors (Lipinski definition) is 3. The van der Waals surface area contributed by atoms with Gasteiger partial charge in [0.15, 0.2) is 0 Å². The first-order chi connectivity index (χ1) is 11.3. The van der Waals surface area contributed by atoms with Crippen molar-refractivity contribution in [3.05, 3.63) is 30.1 Å². The zero-order valence-corrected chi connectivity index (χ0v) is 13.9. The van der Waals surface area contributed by atoms with Crippen LogP contribution in [0.3, 0.4) is 0 Å². The second-order valence-electron chi connectivity index (χ2n) is 7.47. The van der Waals surface area contributed by atoms with Crippen molar-refractivity contribution in [2.45, 2.75) is 56.4 Å². The van der Waals surface area contributed by atoms with Crippen molar-refractivity contribution in [3.63, 3.8) is 0 Å².